The Bertz CT molecular complexity index is 562. The van der Waals surface area contributed by atoms with Crippen LogP contribution in [0.2, 0.25) is 0 Å². The fourth-order valence-electron chi connectivity index (χ4n) is 1.79. The molecule has 6 heteroatoms. The lowest BCUT2D eigenvalue weighted by Gasteiger charge is -2.20. The molecule has 6 nitrogen and oxygen atoms in total. The molecule has 1 aromatic rings. The van der Waals surface area contributed by atoms with Gasteiger partial charge in [-0.05, 0) is 57.0 Å². The number of benzene rings is 1. The van der Waals surface area contributed by atoms with E-state index in [0.29, 0.717) is 13.0 Å². The van der Waals surface area contributed by atoms with Crippen LogP contribution in [0.15, 0.2) is 18.7 Å². The zero-order valence-corrected chi connectivity index (χ0v) is 13.5. The number of nitrogens with one attached hydrogen (secondary N) is 1. The molecular formula is C16H24N2O4. The number of phenolic OH excluding ortho intramolecular Hbond substituents is 1. The summed E-state index contributed by atoms with van der Waals surface area (Å²) in [5, 5.41) is 12.6. The number of carbonyl (C=O) groups is 1. The van der Waals surface area contributed by atoms with Gasteiger partial charge in [-0.1, -0.05) is 6.58 Å². The van der Waals surface area contributed by atoms with E-state index < -0.39 is 11.7 Å². The first-order valence-electron chi connectivity index (χ1n) is 6.97. The molecule has 122 valence electrons. The molecule has 22 heavy (non-hydrogen) atoms. The Morgan fingerprint density at radius 1 is 1.41 bits per heavy atom. The minimum atomic E-state index is -0.661. The summed E-state index contributed by atoms with van der Waals surface area (Å²) >= 11 is 0. The summed E-state index contributed by atoms with van der Waals surface area (Å²) in [5.74, 6) is 0.0689. The topological polar surface area (TPSA) is 93.8 Å². The number of aromatic hydroxyl groups is 1. The van der Waals surface area contributed by atoms with Crippen LogP contribution in [-0.2, 0) is 4.74 Å². The summed E-state index contributed by atoms with van der Waals surface area (Å²) in [4.78, 5) is 11.9. The second-order valence-electron chi connectivity index (χ2n) is 5.84. The minimum absolute atomic E-state index is 0.169. The number of phenols is 1. The third-order valence-electron chi connectivity index (χ3n) is 2.78. The van der Waals surface area contributed by atoms with Gasteiger partial charge in [0.25, 0.3) is 0 Å². The molecule has 1 rings (SSSR count). The van der Waals surface area contributed by atoms with Gasteiger partial charge in [0, 0.05) is 0 Å². The average Bonchev–Trinajstić information content (AvgIpc) is 2.39. The van der Waals surface area contributed by atoms with E-state index in [9.17, 15) is 9.90 Å². The molecular weight excluding hydrogens is 284 g/mol. The maximum Gasteiger partial charge on any atom is 0.412 e. The predicted octanol–water partition coefficient (Wildman–Crippen LogP) is 3.11. The lowest BCUT2D eigenvalue weighted by atomic mass is 10.0. The van der Waals surface area contributed by atoms with Gasteiger partial charge in [0.05, 0.1) is 12.8 Å². The van der Waals surface area contributed by atoms with Gasteiger partial charge in [0.15, 0.2) is 11.5 Å². The number of hydrogen-bond acceptors (Lipinski definition) is 5. The number of rotatable bonds is 5. The van der Waals surface area contributed by atoms with Crippen molar-refractivity contribution in [3.05, 3.63) is 24.3 Å². The predicted molar refractivity (Wildman–Crippen MR) is 87.2 cm³/mol. The van der Waals surface area contributed by atoms with E-state index in [1.54, 1.807) is 32.9 Å². The zero-order valence-electron chi connectivity index (χ0n) is 13.5. The van der Waals surface area contributed by atoms with Crippen molar-refractivity contribution in [2.24, 2.45) is 5.73 Å². The second-order valence-corrected chi connectivity index (χ2v) is 5.84. The zero-order chi connectivity index (χ0) is 16.9. The summed E-state index contributed by atoms with van der Waals surface area (Å²) < 4.78 is 10.3. The van der Waals surface area contributed by atoms with Crippen LogP contribution in [0.1, 0.15) is 32.8 Å². The maximum absolute atomic E-state index is 11.9. The molecule has 4 N–H and O–H groups in total. The normalized spacial score (nSPS) is 11.0. The van der Waals surface area contributed by atoms with Gasteiger partial charge in [-0.2, -0.15) is 0 Å². The van der Waals surface area contributed by atoms with E-state index in [1.807, 2.05) is 0 Å². The molecule has 0 unspecified atom stereocenters. The summed E-state index contributed by atoms with van der Waals surface area (Å²) in [6.07, 6.45) is -0.0637. The SMILES string of the molecule is C=C(CCN)c1cc(NC(=O)OC(C)(C)C)c(O)c(OC)c1. The Morgan fingerprint density at radius 3 is 2.55 bits per heavy atom. The van der Waals surface area contributed by atoms with Crippen molar-refractivity contribution in [1.82, 2.24) is 0 Å². The van der Waals surface area contributed by atoms with Crippen LogP contribution >= 0.6 is 0 Å². The first kappa shape index (κ1) is 17.8. The number of methoxy groups -OCH3 is 1. The summed E-state index contributed by atoms with van der Waals surface area (Å²) in [7, 11) is 1.43. The third kappa shape index (κ3) is 4.96. The number of ether oxygens (including phenoxy) is 2. The Balaban J connectivity index is 3.09. The van der Waals surface area contributed by atoms with Gasteiger partial charge in [0.1, 0.15) is 5.60 Å². The standard InChI is InChI=1S/C16H24N2O4/c1-10(6-7-17)11-8-12(14(19)13(9-11)21-5)18-15(20)22-16(2,3)4/h8-9,19H,1,6-7,17H2,2-5H3,(H,18,20). The van der Waals surface area contributed by atoms with Crippen LogP contribution < -0.4 is 15.8 Å². The highest BCUT2D eigenvalue weighted by molar-refractivity contribution is 5.89. The lowest BCUT2D eigenvalue weighted by molar-refractivity contribution is 0.0635. The number of nitrogens with two attached hydrogens (primary N) is 1. The van der Waals surface area contributed by atoms with Gasteiger partial charge in [0.2, 0.25) is 0 Å². The van der Waals surface area contributed by atoms with Gasteiger partial charge in [-0.25, -0.2) is 4.79 Å². The molecule has 0 bridgehead atoms. The van der Waals surface area contributed by atoms with Gasteiger partial charge >= 0.3 is 6.09 Å². The molecule has 0 saturated heterocycles. The average molecular weight is 308 g/mol. The molecule has 0 heterocycles. The maximum atomic E-state index is 11.9. The van der Waals surface area contributed by atoms with Crippen molar-refractivity contribution in [2.45, 2.75) is 32.8 Å². The molecule has 0 spiro atoms. The second kappa shape index (κ2) is 7.17. The molecule has 0 aliphatic rings. The van der Waals surface area contributed by atoms with Gasteiger partial charge in [-0.15, -0.1) is 0 Å². The van der Waals surface area contributed by atoms with E-state index in [2.05, 4.69) is 11.9 Å². The molecule has 0 aromatic heterocycles. The fraction of sp³-hybridized carbons (Fsp3) is 0.438. The van der Waals surface area contributed by atoms with Crippen molar-refractivity contribution >= 4 is 17.4 Å². The number of hydrogen-bond donors (Lipinski definition) is 3. The molecule has 0 radical (unpaired) electrons. The van der Waals surface area contributed by atoms with Crippen LogP contribution in [0, 0.1) is 0 Å². The van der Waals surface area contributed by atoms with Crippen molar-refractivity contribution in [3.8, 4) is 11.5 Å². The summed E-state index contributed by atoms with van der Waals surface area (Å²) in [5.41, 5.74) is 6.60. The Morgan fingerprint density at radius 2 is 2.05 bits per heavy atom. The van der Waals surface area contributed by atoms with Crippen LogP contribution in [0.25, 0.3) is 5.57 Å². The molecule has 0 aliphatic carbocycles. The quantitative estimate of drug-likeness (QED) is 0.727. The number of amides is 1. The Labute approximate surface area is 130 Å². The van der Waals surface area contributed by atoms with Crippen LogP contribution in [0.5, 0.6) is 11.5 Å². The molecule has 0 saturated carbocycles. The first-order valence-corrected chi connectivity index (χ1v) is 6.97. The van der Waals surface area contributed by atoms with Crippen molar-refractivity contribution < 1.29 is 19.4 Å². The highest BCUT2D eigenvalue weighted by Crippen LogP contribution is 2.37. The van der Waals surface area contributed by atoms with Crippen molar-refractivity contribution in [3.63, 3.8) is 0 Å². The van der Waals surface area contributed by atoms with Crippen LogP contribution in [-0.4, -0.2) is 30.5 Å². The lowest BCUT2D eigenvalue weighted by Crippen LogP contribution is -2.27. The van der Waals surface area contributed by atoms with E-state index >= 15 is 0 Å². The van der Waals surface area contributed by atoms with Gasteiger partial charge < -0.3 is 20.3 Å². The van der Waals surface area contributed by atoms with Crippen LogP contribution in [0.4, 0.5) is 10.5 Å². The highest BCUT2D eigenvalue weighted by atomic mass is 16.6. The summed E-state index contributed by atoms with van der Waals surface area (Å²) in [6, 6.07) is 3.26. The number of carbonyl (C=O) groups excluding carboxylic acids is 1. The monoisotopic (exact) mass is 308 g/mol. The van der Waals surface area contributed by atoms with Crippen LogP contribution in [0.3, 0.4) is 0 Å². The van der Waals surface area contributed by atoms with Crippen molar-refractivity contribution in [2.75, 3.05) is 19.0 Å². The minimum Gasteiger partial charge on any atom is -0.503 e. The first-order chi connectivity index (χ1) is 10.2. The smallest absolute Gasteiger partial charge is 0.412 e. The van der Waals surface area contributed by atoms with E-state index in [4.69, 9.17) is 15.2 Å². The number of anilines is 1. The molecule has 0 aliphatic heterocycles. The molecule has 0 atom stereocenters. The Hall–Kier alpha value is -2.21. The van der Waals surface area contributed by atoms with E-state index in [1.165, 1.54) is 7.11 Å². The fourth-order valence-corrected chi connectivity index (χ4v) is 1.79. The highest BCUT2D eigenvalue weighted by Gasteiger charge is 2.19. The van der Waals surface area contributed by atoms with E-state index in [-0.39, 0.29) is 17.2 Å². The summed E-state index contributed by atoms with van der Waals surface area (Å²) in [6.45, 7) is 9.66. The van der Waals surface area contributed by atoms with Gasteiger partial charge in [-0.3, -0.25) is 5.32 Å². The third-order valence-corrected chi connectivity index (χ3v) is 2.78. The molecule has 0 fully saturated rings. The molecule has 1 amide bonds. The van der Waals surface area contributed by atoms with Crippen molar-refractivity contribution in [1.29, 1.82) is 0 Å². The largest absolute Gasteiger partial charge is 0.503 e. The van der Waals surface area contributed by atoms with E-state index in [0.717, 1.165) is 11.1 Å². The molecule has 1 aromatic carbocycles. The Kier molecular flexibility index (Phi) is 5.82.